The number of oxime groups is 1. The van der Waals surface area contributed by atoms with Crippen molar-refractivity contribution in [3.8, 4) is 0 Å². The van der Waals surface area contributed by atoms with Crippen LogP contribution in [-0.4, -0.2) is 16.2 Å². The van der Waals surface area contributed by atoms with Crippen LogP contribution in [0.2, 0.25) is 0 Å². The SMILES string of the molecule is C[C@]12CC[C@H](C/C1=N/O)[C@@]2(C)CBr. The van der Waals surface area contributed by atoms with Crippen LogP contribution in [0.3, 0.4) is 0 Å². The number of fused-ring (bicyclic) bond motifs is 2. The van der Waals surface area contributed by atoms with Gasteiger partial charge in [-0.3, -0.25) is 0 Å². The van der Waals surface area contributed by atoms with Gasteiger partial charge < -0.3 is 5.21 Å². The lowest BCUT2D eigenvalue weighted by Gasteiger charge is -2.36. The number of alkyl halides is 1. The van der Waals surface area contributed by atoms with Gasteiger partial charge in [0.25, 0.3) is 0 Å². The van der Waals surface area contributed by atoms with Gasteiger partial charge in [-0.05, 0) is 30.6 Å². The molecular weight excluding hydrogens is 230 g/mol. The Hall–Kier alpha value is -0.0500. The molecule has 0 unspecified atom stereocenters. The van der Waals surface area contributed by atoms with Crippen LogP contribution in [0.15, 0.2) is 5.16 Å². The van der Waals surface area contributed by atoms with E-state index in [4.69, 9.17) is 5.21 Å². The highest BCUT2D eigenvalue weighted by Gasteiger charge is 2.62. The summed E-state index contributed by atoms with van der Waals surface area (Å²) < 4.78 is 0. The Bertz CT molecular complexity index is 266. The molecule has 74 valence electrons. The third-order valence-electron chi connectivity index (χ3n) is 4.63. The maximum Gasteiger partial charge on any atom is 0.0638 e. The Labute approximate surface area is 87.5 Å². The molecule has 0 radical (unpaired) electrons. The van der Waals surface area contributed by atoms with Crippen molar-refractivity contribution in [3.63, 3.8) is 0 Å². The highest BCUT2D eigenvalue weighted by Crippen LogP contribution is 2.64. The number of halogens is 1. The first-order valence-electron chi connectivity index (χ1n) is 4.86. The first-order valence-corrected chi connectivity index (χ1v) is 5.98. The van der Waals surface area contributed by atoms with Crippen molar-refractivity contribution < 1.29 is 5.21 Å². The van der Waals surface area contributed by atoms with Crippen LogP contribution in [0.5, 0.6) is 0 Å². The van der Waals surface area contributed by atoms with Crippen molar-refractivity contribution in [1.82, 2.24) is 0 Å². The molecule has 0 heterocycles. The summed E-state index contributed by atoms with van der Waals surface area (Å²) in [4.78, 5) is 0. The second-order valence-electron chi connectivity index (χ2n) is 4.87. The average molecular weight is 246 g/mol. The second kappa shape index (κ2) is 2.72. The molecule has 0 aliphatic heterocycles. The van der Waals surface area contributed by atoms with Crippen molar-refractivity contribution in [2.45, 2.75) is 33.1 Å². The van der Waals surface area contributed by atoms with Crippen molar-refractivity contribution in [2.24, 2.45) is 21.9 Å². The van der Waals surface area contributed by atoms with Crippen LogP contribution in [0.1, 0.15) is 33.1 Å². The number of rotatable bonds is 1. The monoisotopic (exact) mass is 245 g/mol. The van der Waals surface area contributed by atoms with E-state index in [-0.39, 0.29) is 5.41 Å². The third kappa shape index (κ3) is 0.915. The molecule has 0 spiro atoms. The molecule has 2 fully saturated rings. The van der Waals surface area contributed by atoms with Gasteiger partial charge in [0.15, 0.2) is 0 Å². The molecule has 2 nitrogen and oxygen atoms in total. The van der Waals surface area contributed by atoms with Gasteiger partial charge in [-0.25, -0.2) is 0 Å². The Morgan fingerprint density at radius 3 is 2.69 bits per heavy atom. The van der Waals surface area contributed by atoms with Crippen LogP contribution >= 0.6 is 15.9 Å². The molecule has 2 bridgehead atoms. The zero-order chi connectivity index (χ0) is 9.69. The predicted molar refractivity (Wildman–Crippen MR) is 56.6 cm³/mol. The van der Waals surface area contributed by atoms with E-state index in [2.05, 4.69) is 34.9 Å². The van der Waals surface area contributed by atoms with E-state index in [1.54, 1.807) is 0 Å². The van der Waals surface area contributed by atoms with Crippen molar-refractivity contribution >= 4 is 21.6 Å². The summed E-state index contributed by atoms with van der Waals surface area (Å²) in [5.74, 6) is 0.711. The van der Waals surface area contributed by atoms with Gasteiger partial charge in [-0.1, -0.05) is 34.9 Å². The number of nitrogens with zero attached hydrogens (tertiary/aromatic N) is 1. The minimum absolute atomic E-state index is 0.135. The normalized spacial score (nSPS) is 51.9. The van der Waals surface area contributed by atoms with E-state index in [9.17, 15) is 0 Å². The zero-order valence-electron chi connectivity index (χ0n) is 8.18. The first-order chi connectivity index (χ1) is 6.08. The number of hydrogen-bond acceptors (Lipinski definition) is 2. The zero-order valence-corrected chi connectivity index (χ0v) is 9.76. The van der Waals surface area contributed by atoms with Gasteiger partial charge >= 0.3 is 0 Å². The van der Waals surface area contributed by atoms with E-state index in [1.165, 1.54) is 12.8 Å². The maximum atomic E-state index is 8.95. The molecule has 0 amide bonds. The summed E-state index contributed by atoms with van der Waals surface area (Å²) >= 11 is 3.61. The predicted octanol–water partition coefficient (Wildman–Crippen LogP) is 3.04. The molecule has 13 heavy (non-hydrogen) atoms. The minimum atomic E-state index is 0.135. The van der Waals surface area contributed by atoms with E-state index in [0.29, 0.717) is 11.3 Å². The van der Waals surface area contributed by atoms with Crippen LogP contribution in [0, 0.1) is 16.7 Å². The van der Waals surface area contributed by atoms with Crippen molar-refractivity contribution in [1.29, 1.82) is 0 Å². The van der Waals surface area contributed by atoms with Gasteiger partial charge in [0.1, 0.15) is 0 Å². The van der Waals surface area contributed by atoms with E-state index in [1.807, 2.05) is 0 Å². The van der Waals surface area contributed by atoms with Gasteiger partial charge in [-0.2, -0.15) is 0 Å². The molecule has 3 atom stereocenters. The molecular formula is C10H16BrNO. The van der Waals surface area contributed by atoms with Crippen LogP contribution in [0.25, 0.3) is 0 Å². The van der Waals surface area contributed by atoms with Gasteiger partial charge in [0.05, 0.1) is 5.71 Å². The summed E-state index contributed by atoms with van der Waals surface area (Å²) in [6, 6.07) is 0. The fourth-order valence-corrected chi connectivity index (χ4v) is 4.26. The maximum absolute atomic E-state index is 8.95. The van der Waals surface area contributed by atoms with E-state index < -0.39 is 0 Å². The minimum Gasteiger partial charge on any atom is -0.411 e. The van der Waals surface area contributed by atoms with Crippen molar-refractivity contribution in [3.05, 3.63) is 0 Å². The molecule has 2 aliphatic carbocycles. The summed E-state index contributed by atoms with van der Waals surface area (Å²) in [7, 11) is 0. The molecule has 2 aliphatic rings. The average Bonchev–Trinajstić information content (AvgIpc) is 2.51. The second-order valence-corrected chi connectivity index (χ2v) is 5.43. The molecule has 0 saturated heterocycles. The highest BCUT2D eigenvalue weighted by molar-refractivity contribution is 9.09. The summed E-state index contributed by atoms with van der Waals surface area (Å²) in [6.07, 6.45) is 3.46. The van der Waals surface area contributed by atoms with E-state index in [0.717, 1.165) is 17.5 Å². The molecule has 2 saturated carbocycles. The Kier molecular flexibility index (Phi) is 1.99. The Morgan fingerprint density at radius 2 is 2.31 bits per heavy atom. The van der Waals surface area contributed by atoms with Crippen molar-refractivity contribution in [2.75, 3.05) is 5.33 Å². The lowest BCUT2D eigenvalue weighted by Crippen LogP contribution is -2.36. The molecule has 2 rings (SSSR count). The Balaban J connectivity index is 2.45. The van der Waals surface area contributed by atoms with Crippen LogP contribution in [-0.2, 0) is 0 Å². The lowest BCUT2D eigenvalue weighted by atomic mass is 9.70. The van der Waals surface area contributed by atoms with Crippen LogP contribution in [0.4, 0.5) is 0 Å². The topological polar surface area (TPSA) is 32.6 Å². The lowest BCUT2D eigenvalue weighted by molar-refractivity contribution is 0.199. The van der Waals surface area contributed by atoms with Gasteiger partial charge in [0, 0.05) is 10.7 Å². The van der Waals surface area contributed by atoms with Gasteiger partial charge in [-0.15, -0.1) is 0 Å². The fourth-order valence-electron chi connectivity index (χ4n) is 3.19. The smallest absolute Gasteiger partial charge is 0.0638 e. The molecule has 1 N–H and O–H groups in total. The van der Waals surface area contributed by atoms with Crippen LogP contribution < -0.4 is 0 Å². The quantitative estimate of drug-likeness (QED) is 0.430. The number of hydrogen-bond donors (Lipinski definition) is 1. The Morgan fingerprint density at radius 1 is 1.62 bits per heavy atom. The summed E-state index contributed by atoms with van der Waals surface area (Å²) in [5.41, 5.74) is 1.45. The third-order valence-corrected chi connectivity index (χ3v) is 5.79. The standard InChI is InChI=1S/C10H16BrNO/c1-9-4-3-7(5-8(9)12-13)10(9,2)6-11/h7,13H,3-6H2,1-2H3/b12-8-/t7-,9+,10-/m1/s1. The largest absolute Gasteiger partial charge is 0.411 e. The summed E-state index contributed by atoms with van der Waals surface area (Å²) in [5, 5.41) is 13.4. The summed E-state index contributed by atoms with van der Waals surface area (Å²) in [6.45, 7) is 4.56. The molecule has 3 heteroatoms. The molecule has 0 aromatic rings. The first kappa shape index (κ1) is 9.50. The van der Waals surface area contributed by atoms with Gasteiger partial charge in [0.2, 0.25) is 0 Å². The highest BCUT2D eigenvalue weighted by atomic mass is 79.9. The molecule has 0 aromatic carbocycles. The molecule has 0 aromatic heterocycles. The fraction of sp³-hybridized carbons (Fsp3) is 0.900. The van der Waals surface area contributed by atoms with E-state index >= 15 is 0 Å².